The molecule has 2 aromatic heterocycles. The van der Waals surface area contributed by atoms with E-state index < -0.39 is 11.5 Å². The van der Waals surface area contributed by atoms with Gasteiger partial charge < -0.3 is 0 Å². The molecule has 0 spiro atoms. The van der Waals surface area contributed by atoms with Gasteiger partial charge in [-0.15, -0.1) is 0 Å². The third-order valence-corrected chi connectivity index (χ3v) is 5.33. The minimum absolute atomic E-state index is 0.0389. The van der Waals surface area contributed by atoms with Gasteiger partial charge in [-0.2, -0.15) is 0 Å². The Morgan fingerprint density at radius 3 is 2.76 bits per heavy atom. The number of aliphatic carboxylic acids is 1. The van der Waals surface area contributed by atoms with E-state index in [4.69, 9.17) is 22.1 Å². The molecule has 0 bridgehead atoms. The number of aromatic amines is 1. The Balaban J connectivity index is 2.35. The van der Waals surface area contributed by atoms with Gasteiger partial charge in [0.25, 0.3) is 0 Å². The number of ether oxygens (including phenoxy) is 1. The fraction of sp³-hybridized carbons (Fsp3) is 0.538. The predicted octanol–water partition coefficient (Wildman–Crippen LogP) is 1.21. The van der Waals surface area contributed by atoms with Crippen LogP contribution in [0.2, 0.25) is 0 Å². The van der Waals surface area contributed by atoms with E-state index in [-0.39, 0.29) is 39.9 Å². The van der Waals surface area contributed by atoms with Gasteiger partial charge in [-0.1, -0.05) is 0 Å². The van der Waals surface area contributed by atoms with E-state index in [1.165, 1.54) is 9.20 Å². The molecule has 0 aliphatic rings. The summed E-state index contributed by atoms with van der Waals surface area (Å²) >= 11 is 8.43. The van der Waals surface area contributed by atoms with Crippen LogP contribution in [0.5, 0.6) is 0 Å². The van der Waals surface area contributed by atoms with Crippen molar-refractivity contribution in [2.24, 2.45) is 5.41 Å². The molecule has 2 N–H and O–H groups in total. The summed E-state index contributed by atoms with van der Waals surface area (Å²) in [5.74, 6) is -0.483. The van der Waals surface area contributed by atoms with E-state index in [1.54, 1.807) is 0 Å². The number of aromatic nitrogens is 5. The minimum atomic E-state index is -0.938. The summed E-state index contributed by atoms with van der Waals surface area (Å²) in [6, 6.07) is 0. The third-order valence-electron chi connectivity index (χ3n) is 2.96. The van der Waals surface area contributed by atoms with Crippen LogP contribution < -0.4 is 5.56 Å². The summed E-state index contributed by atoms with van der Waals surface area (Å²) in [5, 5.41) is 15.8. The maximum absolute atomic E-state index is 12.4. The molecule has 135 valence electrons. The number of thioether (sulfide) groups is 1. The van der Waals surface area contributed by atoms with Crippen LogP contribution in [0.3, 0.4) is 0 Å². The van der Waals surface area contributed by atoms with Crippen molar-refractivity contribution in [3.05, 3.63) is 15.1 Å². The van der Waals surface area contributed by atoms with Crippen LogP contribution in [0.15, 0.2) is 9.82 Å². The number of nitrogens with one attached hydrogen (secondary N) is 1. The molecule has 2 rings (SSSR count). The Hall–Kier alpha value is -1.27. The van der Waals surface area contributed by atoms with E-state index >= 15 is 0 Å². The molecule has 0 fully saturated rings. The molecule has 0 aliphatic carbocycles. The Kier molecular flexibility index (Phi) is 6.38. The van der Waals surface area contributed by atoms with Crippen molar-refractivity contribution in [3.8, 4) is 0 Å². The second-order valence-corrected chi connectivity index (χ2v) is 8.20. The average Bonchev–Trinajstić information content (AvgIpc) is 2.89. The fourth-order valence-electron chi connectivity index (χ4n) is 1.67. The molecule has 12 heteroatoms. The van der Waals surface area contributed by atoms with Crippen LogP contribution >= 0.6 is 24.0 Å². The topological polar surface area (TPSA) is 115 Å². The van der Waals surface area contributed by atoms with E-state index in [0.717, 1.165) is 16.2 Å². The molecule has 0 aromatic carbocycles. The van der Waals surface area contributed by atoms with Crippen molar-refractivity contribution in [2.75, 3.05) is 5.75 Å². The Bertz CT molecular complexity index is 927. The first-order chi connectivity index (χ1) is 11.6. The predicted molar refractivity (Wildman–Crippen MR) is 91.0 cm³/mol. The van der Waals surface area contributed by atoms with Crippen LogP contribution in [0.25, 0.3) is 5.78 Å². The molecule has 0 unspecified atom stereocenters. The Labute approximate surface area is 161 Å². The summed E-state index contributed by atoms with van der Waals surface area (Å²) in [7, 11) is 0. The van der Waals surface area contributed by atoms with Crippen LogP contribution in [-0.2, 0) is 33.2 Å². The molecular weight excluding hydrogens is 405 g/mol. The molecule has 2 heterocycles. The van der Waals surface area contributed by atoms with E-state index in [0.29, 0.717) is 0 Å². The summed E-state index contributed by atoms with van der Waals surface area (Å²) in [4.78, 5) is 27.2. The third kappa shape index (κ3) is 5.11. The maximum atomic E-state index is 12.4. The number of carboxylic acid groups (broad SMARTS) is 1. The van der Waals surface area contributed by atoms with Gasteiger partial charge in [0.15, 0.2) is 0 Å². The molecule has 0 radical (unpaired) electrons. The molecule has 25 heavy (non-hydrogen) atoms. The first-order valence-electron chi connectivity index (χ1n) is 7.23. The second-order valence-electron chi connectivity index (χ2n) is 6.09. The summed E-state index contributed by atoms with van der Waals surface area (Å²) in [5.41, 5.74) is -0.600. The molecule has 9 nitrogen and oxygen atoms in total. The number of fused-ring (bicyclic) bond motifs is 1. The van der Waals surface area contributed by atoms with Crippen molar-refractivity contribution < 1.29 is 31.6 Å². The van der Waals surface area contributed by atoms with Crippen LogP contribution in [0, 0.1) is 10.2 Å². The van der Waals surface area contributed by atoms with Crippen molar-refractivity contribution in [1.29, 1.82) is 0 Å². The quantitative estimate of drug-likeness (QED) is 0.506. The van der Waals surface area contributed by atoms with Gasteiger partial charge >= 0.3 is 161 Å². The SMILES string of the molecule is CC(C)(C)[C](=[V])OCn1nc(SCCC(=O)O)c(=O)n2[nH]c(=S)nc12. The van der Waals surface area contributed by atoms with Gasteiger partial charge in [0.2, 0.25) is 0 Å². The van der Waals surface area contributed by atoms with Crippen molar-refractivity contribution in [1.82, 2.24) is 24.4 Å². The molecule has 0 amide bonds. The van der Waals surface area contributed by atoms with Crippen LogP contribution in [-0.4, -0.2) is 45.6 Å². The zero-order valence-electron chi connectivity index (χ0n) is 13.8. The average molecular weight is 422 g/mol. The summed E-state index contributed by atoms with van der Waals surface area (Å²) in [6.07, 6.45) is -0.0748. The van der Waals surface area contributed by atoms with Gasteiger partial charge in [0, 0.05) is 0 Å². The zero-order chi connectivity index (χ0) is 18.8. The molecular formula is C13H17N5O4S2V. The summed E-state index contributed by atoms with van der Waals surface area (Å²) in [6.45, 7) is 6.06. The van der Waals surface area contributed by atoms with E-state index in [1.807, 2.05) is 20.8 Å². The zero-order valence-corrected chi connectivity index (χ0v) is 16.9. The second kappa shape index (κ2) is 7.96. The Morgan fingerprint density at radius 1 is 1.48 bits per heavy atom. The number of rotatable bonds is 7. The first-order valence-corrected chi connectivity index (χ1v) is 9.32. The van der Waals surface area contributed by atoms with Gasteiger partial charge in [0.05, 0.1) is 0 Å². The molecule has 0 saturated carbocycles. The number of nitrogens with zero attached hydrogens (tertiary/aromatic N) is 4. The molecule has 0 saturated heterocycles. The molecule has 0 atom stereocenters. The first kappa shape index (κ1) is 20.1. The van der Waals surface area contributed by atoms with Crippen molar-refractivity contribution >= 4 is 40.1 Å². The van der Waals surface area contributed by atoms with Crippen LogP contribution in [0.4, 0.5) is 0 Å². The van der Waals surface area contributed by atoms with E-state index in [9.17, 15) is 9.59 Å². The number of hydrogen-bond acceptors (Lipinski definition) is 7. The van der Waals surface area contributed by atoms with Gasteiger partial charge in [-0.25, -0.2) is 0 Å². The van der Waals surface area contributed by atoms with E-state index in [2.05, 4.69) is 32.2 Å². The standard InChI is InChI=1S/C13H17N5O4S2.V/c1-13(2,3)6-22-7-17-12-14-11(23)16-18(12)10(21)9(15-17)24-5-4-8(19)20;/h4-5,7H2,1-3H3,(H,16,23)(H,19,20);. The van der Waals surface area contributed by atoms with Crippen molar-refractivity contribution in [3.63, 3.8) is 0 Å². The van der Waals surface area contributed by atoms with Gasteiger partial charge in [-0.05, 0) is 0 Å². The summed E-state index contributed by atoms with van der Waals surface area (Å²) < 4.78 is 9.22. The van der Waals surface area contributed by atoms with Gasteiger partial charge in [-0.3, -0.25) is 0 Å². The van der Waals surface area contributed by atoms with Crippen LogP contribution in [0.1, 0.15) is 27.2 Å². The normalized spacial score (nSPS) is 11.8. The number of hydrogen-bond donors (Lipinski definition) is 2. The number of H-pyrrole nitrogens is 1. The number of carbonyl (C=O) groups is 1. The monoisotopic (exact) mass is 422 g/mol. The van der Waals surface area contributed by atoms with Crippen molar-refractivity contribution in [2.45, 2.75) is 38.9 Å². The molecule has 0 aliphatic heterocycles. The van der Waals surface area contributed by atoms with Gasteiger partial charge in [0.1, 0.15) is 0 Å². The number of carboxylic acids is 1. The Morgan fingerprint density at radius 2 is 2.16 bits per heavy atom. The molecule has 2 aromatic rings. The fourth-order valence-corrected chi connectivity index (χ4v) is 2.77.